The van der Waals surface area contributed by atoms with Gasteiger partial charge in [0.15, 0.2) is 5.56 Å². The summed E-state index contributed by atoms with van der Waals surface area (Å²) in [5, 5.41) is 43.0. The molecule has 1 aliphatic carbocycles. The van der Waals surface area contributed by atoms with E-state index >= 15 is 0 Å². The Hall–Kier alpha value is -4.57. The minimum absolute atomic E-state index is 0.0114. The summed E-state index contributed by atoms with van der Waals surface area (Å²) in [6.45, 7) is 2.24. The number of hydrogen-bond acceptors (Lipinski definition) is 8. The largest absolute Gasteiger partial charge is 0.462 e. The van der Waals surface area contributed by atoms with Crippen molar-refractivity contribution in [2.45, 2.75) is 96.8 Å². The first-order chi connectivity index (χ1) is 20.9. The van der Waals surface area contributed by atoms with Crippen molar-refractivity contribution in [1.29, 1.82) is 10.5 Å². The molecular formula is C33H38N4O6. The molecule has 3 rings (SSSR count). The Morgan fingerprint density at radius 3 is 1.81 bits per heavy atom. The van der Waals surface area contributed by atoms with E-state index in [1.54, 1.807) is 36.4 Å². The molecule has 0 unspecified atom stereocenters. The lowest BCUT2D eigenvalue weighted by atomic mass is 9.94. The molecule has 0 saturated carbocycles. The lowest BCUT2D eigenvalue weighted by molar-refractivity contribution is -0.423. The third-order valence-corrected chi connectivity index (χ3v) is 7.79. The predicted molar refractivity (Wildman–Crippen MR) is 163 cm³/mol. The summed E-state index contributed by atoms with van der Waals surface area (Å²) >= 11 is 0. The van der Waals surface area contributed by atoms with Crippen LogP contribution < -0.4 is 10.4 Å². The van der Waals surface area contributed by atoms with Gasteiger partial charge in [-0.25, -0.2) is 4.79 Å². The average molecular weight is 587 g/mol. The van der Waals surface area contributed by atoms with Gasteiger partial charge in [-0.05, 0) is 23.6 Å². The molecule has 0 aliphatic heterocycles. The lowest BCUT2D eigenvalue weighted by Gasteiger charge is -2.11. The van der Waals surface area contributed by atoms with Crippen LogP contribution in [0.3, 0.4) is 0 Å². The summed E-state index contributed by atoms with van der Waals surface area (Å²) in [7, 11) is 0. The highest BCUT2D eigenvalue weighted by molar-refractivity contribution is 6.06. The number of rotatable bonds is 18. The van der Waals surface area contributed by atoms with Gasteiger partial charge in [-0.3, -0.25) is 20.2 Å². The van der Waals surface area contributed by atoms with Gasteiger partial charge in [0, 0.05) is 10.8 Å². The van der Waals surface area contributed by atoms with Gasteiger partial charge in [-0.2, -0.15) is 10.5 Å². The van der Waals surface area contributed by atoms with Gasteiger partial charge >= 0.3 is 17.3 Å². The van der Waals surface area contributed by atoms with E-state index < -0.39 is 43.5 Å². The van der Waals surface area contributed by atoms with Crippen LogP contribution in [0.1, 0.15) is 113 Å². The van der Waals surface area contributed by atoms with Crippen LogP contribution in [0.5, 0.6) is 0 Å². The van der Waals surface area contributed by atoms with Crippen molar-refractivity contribution >= 4 is 29.0 Å². The number of benzene rings is 2. The summed E-state index contributed by atoms with van der Waals surface area (Å²) in [5.41, 5.74) is -2.33. The maximum absolute atomic E-state index is 13.4. The van der Waals surface area contributed by atoms with Crippen molar-refractivity contribution in [2.24, 2.45) is 0 Å². The number of fused-ring (bicyclic) bond motifs is 3. The van der Waals surface area contributed by atoms with Crippen LogP contribution in [0.2, 0.25) is 0 Å². The third kappa shape index (κ3) is 8.26. The molecule has 0 amide bonds. The highest BCUT2D eigenvalue weighted by atomic mass is 16.6. The van der Waals surface area contributed by atoms with E-state index in [-0.39, 0.29) is 17.4 Å². The van der Waals surface area contributed by atoms with E-state index in [4.69, 9.17) is 4.74 Å². The fourth-order valence-corrected chi connectivity index (χ4v) is 5.65. The average Bonchev–Trinajstić information content (AvgIpc) is 3.38. The Morgan fingerprint density at radius 1 is 0.791 bits per heavy atom. The number of nitro groups is 2. The zero-order chi connectivity index (χ0) is 31.2. The predicted octanol–water partition coefficient (Wildman–Crippen LogP) is 7.15. The van der Waals surface area contributed by atoms with Gasteiger partial charge in [-0.15, -0.1) is 0 Å². The van der Waals surface area contributed by atoms with Gasteiger partial charge in [0.2, 0.25) is 0 Å². The Bertz CT molecular complexity index is 1530. The second kappa shape index (κ2) is 16.8. The Morgan fingerprint density at radius 2 is 1.30 bits per heavy atom. The van der Waals surface area contributed by atoms with Crippen LogP contribution >= 0.6 is 0 Å². The lowest BCUT2D eigenvalue weighted by Crippen LogP contribution is -2.33. The fraction of sp³-hybridized carbons (Fsp3) is 0.485. The number of nitro benzene ring substituents is 2. The quantitative estimate of drug-likeness (QED) is 0.0657. The number of carbonyl (C=O) groups excluding carboxylic acids is 1. The van der Waals surface area contributed by atoms with Crippen LogP contribution in [0.25, 0.3) is 22.8 Å². The molecule has 43 heavy (non-hydrogen) atoms. The first-order valence-electron chi connectivity index (χ1n) is 15.2. The van der Waals surface area contributed by atoms with E-state index in [9.17, 15) is 35.5 Å². The molecule has 0 saturated heterocycles. The smallest absolute Gasteiger partial charge is 0.361 e. The van der Waals surface area contributed by atoms with E-state index in [2.05, 4.69) is 6.92 Å². The molecule has 0 atom stereocenters. The van der Waals surface area contributed by atoms with Crippen molar-refractivity contribution in [2.75, 3.05) is 6.61 Å². The van der Waals surface area contributed by atoms with Crippen LogP contribution in [-0.2, 0) is 4.74 Å². The first kappa shape index (κ1) is 32.9. The molecule has 10 heteroatoms. The highest BCUT2D eigenvalue weighted by Crippen LogP contribution is 2.37. The second-order valence-electron chi connectivity index (χ2n) is 10.8. The molecule has 2 aromatic carbocycles. The monoisotopic (exact) mass is 586 g/mol. The number of carbonyl (C=O) groups is 1. The van der Waals surface area contributed by atoms with Gasteiger partial charge in [-0.1, -0.05) is 115 Å². The van der Waals surface area contributed by atoms with Crippen LogP contribution in [0.15, 0.2) is 24.3 Å². The zero-order valence-corrected chi connectivity index (χ0v) is 24.7. The molecular weight excluding hydrogens is 548 g/mol. The standard InChI is InChI=1S/C33H38N4O6/c1-2-3-4-5-6-7-8-9-10-11-12-13-14-17-20-43-33(38)30-29-26-19-16-15-18-24(26)21-27(29)28(25(22-34)23-35)31(36(39)40)32(30)37(41)42/h15-16,18-19,21H,2-14,17,20H2,1H3. The maximum Gasteiger partial charge on any atom is 0.361 e. The number of unbranched alkanes of at least 4 members (excludes halogenated alkanes) is 13. The van der Waals surface area contributed by atoms with Gasteiger partial charge < -0.3 is 4.74 Å². The number of ether oxygens (including phenoxy) is 1. The first-order valence-corrected chi connectivity index (χ1v) is 15.2. The molecule has 0 spiro atoms. The number of nitriles is 2. The molecule has 0 heterocycles. The van der Waals surface area contributed by atoms with Crippen LogP contribution in [0, 0.1) is 42.9 Å². The molecule has 0 aromatic heterocycles. The van der Waals surface area contributed by atoms with E-state index in [0.29, 0.717) is 17.5 Å². The molecule has 0 bridgehead atoms. The molecule has 0 N–H and O–H groups in total. The minimum atomic E-state index is -1.09. The van der Waals surface area contributed by atoms with Crippen molar-refractivity contribution in [3.63, 3.8) is 0 Å². The van der Waals surface area contributed by atoms with Crippen molar-refractivity contribution in [3.05, 3.63) is 66.1 Å². The Balaban J connectivity index is 1.69. The van der Waals surface area contributed by atoms with Crippen LogP contribution in [0.4, 0.5) is 11.4 Å². The summed E-state index contributed by atoms with van der Waals surface area (Å²) in [6.07, 6.45) is 17.8. The maximum atomic E-state index is 13.4. The van der Waals surface area contributed by atoms with Crippen LogP contribution in [-0.4, -0.2) is 22.4 Å². The topological polar surface area (TPSA) is 160 Å². The molecule has 226 valence electrons. The van der Waals surface area contributed by atoms with Gasteiger partial charge in [0.25, 0.3) is 0 Å². The highest BCUT2D eigenvalue weighted by Gasteiger charge is 2.40. The molecule has 1 aliphatic rings. The third-order valence-electron chi connectivity index (χ3n) is 7.79. The van der Waals surface area contributed by atoms with E-state index in [0.717, 1.165) is 25.7 Å². The fourth-order valence-electron chi connectivity index (χ4n) is 5.65. The summed E-state index contributed by atoms with van der Waals surface area (Å²) in [5.74, 6) is -1.05. The summed E-state index contributed by atoms with van der Waals surface area (Å²) < 4.78 is 5.44. The van der Waals surface area contributed by atoms with Crippen molar-refractivity contribution in [1.82, 2.24) is 0 Å². The van der Waals surface area contributed by atoms with Crippen molar-refractivity contribution in [3.8, 4) is 23.3 Å². The van der Waals surface area contributed by atoms with Gasteiger partial charge in [0.05, 0.1) is 21.7 Å². The molecule has 0 fully saturated rings. The Kier molecular flexibility index (Phi) is 12.8. The van der Waals surface area contributed by atoms with Crippen molar-refractivity contribution < 1.29 is 19.4 Å². The number of hydrogen-bond donors (Lipinski definition) is 0. The number of esters is 1. The summed E-state index contributed by atoms with van der Waals surface area (Å²) in [6, 6.07) is 9.89. The molecule has 10 nitrogen and oxygen atoms in total. The normalized spacial score (nSPS) is 11.0. The zero-order valence-electron chi connectivity index (χ0n) is 24.7. The number of nitrogens with zero attached hydrogens (tertiary/aromatic N) is 4. The second-order valence-corrected chi connectivity index (χ2v) is 10.8. The Labute approximate surface area is 251 Å². The van der Waals surface area contributed by atoms with Gasteiger partial charge in [0.1, 0.15) is 17.7 Å². The molecule has 0 radical (unpaired) electrons. The minimum Gasteiger partial charge on any atom is -0.462 e. The SMILES string of the molecule is CCCCCCCCCCCCCCCCOC(=O)c1c([N+](=O)[O-])c([N+](=O)[O-])c(=C(C#N)C#N)c2c1-c1ccccc1C=2. The summed E-state index contributed by atoms with van der Waals surface area (Å²) in [4.78, 5) is 35.7. The molecule has 2 aromatic rings. The van der Waals surface area contributed by atoms with E-state index in [1.165, 1.54) is 63.9 Å². The van der Waals surface area contributed by atoms with E-state index in [1.807, 2.05) is 0 Å².